The fourth-order valence-corrected chi connectivity index (χ4v) is 4.89. The van der Waals surface area contributed by atoms with Gasteiger partial charge in [0.2, 0.25) is 11.9 Å². The lowest BCUT2D eigenvalue weighted by Gasteiger charge is -2.47. The molecule has 1 spiro atoms. The second-order valence-electron chi connectivity index (χ2n) is 8.06. The van der Waals surface area contributed by atoms with E-state index in [9.17, 15) is 17.6 Å². The SMILES string of the molecule is NC1=NC2(CCCCC2)N(c2ccccc2C2C(F)C(F)CC(F)C2F)C(N)=N1. The highest BCUT2D eigenvalue weighted by Crippen LogP contribution is 2.46. The highest BCUT2D eigenvalue weighted by molar-refractivity contribution is 6.06. The molecule has 0 amide bonds. The third-order valence-electron chi connectivity index (χ3n) is 6.22. The molecule has 1 aromatic carbocycles. The number of para-hydroxylation sites is 1. The first-order chi connectivity index (χ1) is 13.8. The van der Waals surface area contributed by atoms with Crippen molar-refractivity contribution in [2.24, 2.45) is 21.5 Å². The summed E-state index contributed by atoms with van der Waals surface area (Å²) in [4.78, 5) is 10.3. The normalized spacial score (nSPS) is 34.6. The summed E-state index contributed by atoms with van der Waals surface area (Å²) in [7, 11) is 0. The van der Waals surface area contributed by atoms with Crippen LogP contribution in [0.1, 0.15) is 50.0 Å². The summed E-state index contributed by atoms with van der Waals surface area (Å²) in [6.45, 7) is 0. The first-order valence-corrected chi connectivity index (χ1v) is 9.99. The maximum absolute atomic E-state index is 14.8. The monoisotopic (exact) mass is 411 g/mol. The topological polar surface area (TPSA) is 80.0 Å². The molecule has 5 nitrogen and oxygen atoms in total. The molecule has 1 aliphatic heterocycles. The van der Waals surface area contributed by atoms with Gasteiger partial charge >= 0.3 is 0 Å². The number of hydrogen-bond acceptors (Lipinski definition) is 5. The minimum Gasteiger partial charge on any atom is -0.369 e. The lowest BCUT2D eigenvalue weighted by Crippen LogP contribution is -2.59. The number of halogens is 4. The predicted octanol–water partition coefficient (Wildman–Crippen LogP) is 3.64. The lowest BCUT2D eigenvalue weighted by atomic mass is 9.77. The van der Waals surface area contributed by atoms with Crippen molar-refractivity contribution in [1.29, 1.82) is 0 Å². The Bertz CT molecular complexity index is 809. The molecule has 0 radical (unpaired) electrons. The van der Waals surface area contributed by atoms with E-state index in [1.807, 2.05) is 0 Å². The number of nitrogens with two attached hydrogens (primary N) is 2. The zero-order valence-corrected chi connectivity index (χ0v) is 15.9. The quantitative estimate of drug-likeness (QED) is 0.730. The molecular weight excluding hydrogens is 386 g/mol. The van der Waals surface area contributed by atoms with Gasteiger partial charge in [-0.3, -0.25) is 4.90 Å². The maximum Gasteiger partial charge on any atom is 0.220 e. The molecule has 29 heavy (non-hydrogen) atoms. The molecule has 0 aromatic heterocycles. The third kappa shape index (κ3) is 3.34. The molecular formula is C20H25F4N5. The van der Waals surface area contributed by atoms with Crippen LogP contribution in [0.5, 0.6) is 0 Å². The van der Waals surface area contributed by atoms with E-state index in [-0.39, 0.29) is 17.5 Å². The Morgan fingerprint density at radius 2 is 1.55 bits per heavy atom. The molecule has 2 fully saturated rings. The Morgan fingerprint density at radius 3 is 2.21 bits per heavy atom. The van der Waals surface area contributed by atoms with Crippen LogP contribution in [0.3, 0.4) is 0 Å². The Balaban J connectivity index is 1.83. The predicted molar refractivity (Wildman–Crippen MR) is 105 cm³/mol. The summed E-state index contributed by atoms with van der Waals surface area (Å²) >= 11 is 0. The van der Waals surface area contributed by atoms with Gasteiger partial charge in [0.15, 0.2) is 0 Å². The fourth-order valence-electron chi connectivity index (χ4n) is 4.89. The number of benzene rings is 1. The van der Waals surface area contributed by atoms with Crippen LogP contribution in [0.25, 0.3) is 0 Å². The summed E-state index contributed by atoms with van der Waals surface area (Å²) < 4.78 is 57.8. The first-order valence-electron chi connectivity index (χ1n) is 9.99. The van der Waals surface area contributed by atoms with Crippen molar-refractivity contribution in [3.05, 3.63) is 29.8 Å². The fraction of sp³-hybridized carbons (Fsp3) is 0.600. The molecule has 0 bridgehead atoms. The van der Waals surface area contributed by atoms with Crippen molar-refractivity contribution in [1.82, 2.24) is 0 Å². The molecule has 2 saturated carbocycles. The number of hydrogen-bond donors (Lipinski definition) is 2. The van der Waals surface area contributed by atoms with Crippen LogP contribution in [-0.2, 0) is 0 Å². The van der Waals surface area contributed by atoms with Crippen molar-refractivity contribution in [2.45, 2.75) is 74.8 Å². The second-order valence-corrected chi connectivity index (χ2v) is 8.06. The van der Waals surface area contributed by atoms with Gasteiger partial charge in [0.1, 0.15) is 30.3 Å². The van der Waals surface area contributed by atoms with E-state index in [4.69, 9.17) is 11.5 Å². The van der Waals surface area contributed by atoms with Crippen molar-refractivity contribution < 1.29 is 17.6 Å². The molecule has 9 heteroatoms. The summed E-state index contributed by atoms with van der Waals surface area (Å²) in [6.07, 6.45) is -5.17. The molecule has 158 valence electrons. The number of guanidine groups is 2. The smallest absolute Gasteiger partial charge is 0.220 e. The van der Waals surface area contributed by atoms with Crippen molar-refractivity contribution in [3.8, 4) is 0 Å². The first kappa shape index (κ1) is 20.0. The van der Waals surface area contributed by atoms with Crippen molar-refractivity contribution in [2.75, 3.05) is 4.90 Å². The maximum atomic E-state index is 14.8. The van der Waals surface area contributed by atoms with Gasteiger partial charge in [0.05, 0.1) is 5.92 Å². The van der Waals surface area contributed by atoms with Crippen LogP contribution >= 0.6 is 0 Å². The van der Waals surface area contributed by atoms with E-state index in [0.717, 1.165) is 19.3 Å². The Labute approximate surface area is 166 Å². The molecule has 1 aromatic rings. The van der Waals surface area contributed by atoms with Gasteiger partial charge in [-0.05, 0) is 37.3 Å². The molecule has 4 unspecified atom stereocenters. The van der Waals surface area contributed by atoms with Crippen molar-refractivity contribution in [3.63, 3.8) is 0 Å². The number of aliphatic imine (C=N–C) groups is 2. The highest BCUT2D eigenvalue weighted by Gasteiger charge is 2.50. The van der Waals surface area contributed by atoms with Crippen molar-refractivity contribution >= 4 is 17.6 Å². The number of alkyl halides is 4. The van der Waals surface area contributed by atoms with Crippen LogP contribution in [-0.4, -0.2) is 42.3 Å². The van der Waals surface area contributed by atoms with Crippen LogP contribution in [0.2, 0.25) is 0 Å². The summed E-state index contributed by atoms with van der Waals surface area (Å²) in [5.41, 5.74) is 11.8. The van der Waals surface area contributed by atoms with Crippen LogP contribution in [0, 0.1) is 0 Å². The lowest BCUT2D eigenvalue weighted by molar-refractivity contribution is -0.00560. The van der Waals surface area contributed by atoms with E-state index < -0.39 is 42.7 Å². The van der Waals surface area contributed by atoms with E-state index in [2.05, 4.69) is 9.98 Å². The van der Waals surface area contributed by atoms with Gasteiger partial charge in [-0.25, -0.2) is 22.6 Å². The Kier molecular flexibility index (Phi) is 5.16. The largest absolute Gasteiger partial charge is 0.369 e. The van der Waals surface area contributed by atoms with E-state index in [1.54, 1.807) is 23.1 Å². The number of anilines is 1. The van der Waals surface area contributed by atoms with Gasteiger partial charge in [-0.2, -0.15) is 4.99 Å². The van der Waals surface area contributed by atoms with E-state index in [0.29, 0.717) is 18.5 Å². The molecule has 4 rings (SSSR count). The minimum atomic E-state index is -2.16. The van der Waals surface area contributed by atoms with Crippen LogP contribution in [0.4, 0.5) is 23.2 Å². The van der Waals surface area contributed by atoms with Crippen LogP contribution < -0.4 is 16.4 Å². The summed E-state index contributed by atoms with van der Waals surface area (Å²) in [5.74, 6) is -1.47. The van der Waals surface area contributed by atoms with Gasteiger partial charge in [-0.1, -0.05) is 24.6 Å². The molecule has 0 saturated heterocycles. The summed E-state index contributed by atoms with van der Waals surface area (Å²) in [6, 6.07) is 6.41. The third-order valence-corrected chi connectivity index (χ3v) is 6.22. The minimum absolute atomic E-state index is 0.0511. The number of rotatable bonds is 2. The second kappa shape index (κ2) is 7.50. The Hall–Kier alpha value is -2.32. The van der Waals surface area contributed by atoms with Gasteiger partial charge in [0.25, 0.3) is 0 Å². The average molecular weight is 411 g/mol. The summed E-state index contributed by atoms with van der Waals surface area (Å²) in [5, 5.41) is 0. The van der Waals surface area contributed by atoms with Gasteiger partial charge < -0.3 is 11.5 Å². The van der Waals surface area contributed by atoms with Gasteiger partial charge in [0, 0.05) is 12.1 Å². The van der Waals surface area contributed by atoms with E-state index in [1.165, 1.54) is 6.07 Å². The van der Waals surface area contributed by atoms with E-state index >= 15 is 0 Å². The standard InChI is InChI=1S/C20H25F4N5/c21-12-10-13(22)17(24)15(16(12)23)11-6-2-3-7-14(11)29-19(26)27-18(25)28-20(29)8-4-1-5-9-20/h2-3,6-7,12-13,15-17H,1,4-5,8-10H2,(H4,25,26,27,28). The molecule has 3 aliphatic rings. The number of nitrogens with zero attached hydrogens (tertiary/aromatic N) is 3. The zero-order chi connectivity index (χ0) is 20.8. The molecule has 4 atom stereocenters. The Morgan fingerprint density at radius 1 is 0.931 bits per heavy atom. The molecule has 1 heterocycles. The average Bonchev–Trinajstić information content (AvgIpc) is 2.68. The van der Waals surface area contributed by atoms with Gasteiger partial charge in [-0.15, -0.1) is 0 Å². The van der Waals surface area contributed by atoms with Crippen LogP contribution in [0.15, 0.2) is 34.3 Å². The highest BCUT2D eigenvalue weighted by atomic mass is 19.2. The molecule has 4 N–H and O–H groups in total. The molecule has 2 aliphatic carbocycles. The zero-order valence-electron chi connectivity index (χ0n) is 15.9.